The van der Waals surface area contributed by atoms with Gasteiger partial charge in [0.25, 0.3) is 5.91 Å². The molecule has 3 amide bonds. The Hall–Kier alpha value is -2.37. The number of likely N-dealkylation sites (tertiary alicyclic amines) is 1. The van der Waals surface area contributed by atoms with E-state index in [1.807, 2.05) is 30.0 Å². The van der Waals surface area contributed by atoms with Crippen LogP contribution in [0.4, 0.5) is 5.69 Å². The number of nitrogens with zero attached hydrogens (tertiary/aromatic N) is 2. The summed E-state index contributed by atoms with van der Waals surface area (Å²) in [5.74, 6) is 0.567. The second kappa shape index (κ2) is 8.76. The maximum absolute atomic E-state index is 12.9. The van der Waals surface area contributed by atoms with Gasteiger partial charge in [0.1, 0.15) is 0 Å². The molecule has 3 rings (SSSR count). The molecule has 2 aliphatic rings. The van der Waals surface area contributed by atoms with Crippen LogP contribution in [0.2, 0.25) is 0 Å². The topological polar surface area (TPSA) is 69.7 Å². The molecular formula is C22H31N3O3. The second-order valence-electron chi connectivity index (χ2n) is 8.31. The molecular weight excluding hydrogens is 354 g/mol. The molecule has 1 N–H and O–H groups in total. The predicted octanol–water partition coefficient (Wildman–Crippen LogP) is 2.83. The van der Waals surface area contributed by atoms with Gasteiger partial charge in [-0.1, -0.05) is 19.9 Å². The van der Waals surface area contributed by atoms with Gasteiger partial charge in [-0.15, -0.1) is 0 Å². The summed E-state index contributed by atoms with van der Waals surface area (Å²) < 4.78 is 0. The summed E-state index contributed by atoms with van der Waals surface area (Å²) in [7, 11) is 0. The van der Waals surface area contributed by atoms with E-state index in [-0.39, 0.29) is 29.7 Å². The summed E-state index contributed by atoms with van der Waals surface area (Å²) >= 11 is 0. The molecule has 0 bridgehead atoms. The summed E-state index contributed by atoms with van der Waals surface area (Å²) in [5.41, 5.74) is 1.40. The number of amides is 3. The van der Waals surface area contributed by atoms with Crippen molar-refractivity contribution in [2.24, 2.45) is 11.8 Å². The van der Waals surface area contributed by atoms with E-state index in [4.69, 9.17) is 0 Å². The monoisotopic (exact) mass is 385 g/mol. The van der Waals surface area contributed by atoms with Crippen LogP contribution in [0, 0.1) is 11.8 Å². The van der Waals surface area contributed by atoms with E-state index < -0.39 is 0 Å². The van der Waals surface area contributed by atoms with Crippen molar-refractivity contribution in [3.05, 3.63) is 29.8 Å². The molecule has 2 heterocycles. The molecule has 1 aromatic carbocycles. The summed E-state index contributed by atoms with van der Waals surface area (Å²) in [4.78, 5) is 40.9. The first-order chi connectivity index (χ1) is 13.4. The molecule has 2 fully saturated rings. The van der Waals surface area contributed by atoms with Gasteiger partial charge in [0.15, 0.2) is 0 Å². The van der Waals surface area contributed by atoms with Crippen LogP contribution in [0.25, 0.3) is 0 Å². The normalized spacial score (nSPS) is 19.2. The van der Waals surface area contributed by atoms with Gasteiger partial charge < -0.3 is 15.1 Å². The summed E-state index contributed by atoms with van der Waals surface area (Å²) in [6.45, 7) is 8.09. The number of hydrogen-bond acceptors (Lipinski definition) is 3. The third-order valence-corrected chi connectivity index (χ3v) is 6.00. The van der Waals surface area contributed by atoms with Crippen LogP contribution >= 0.6 is 0 Å². The minimum Gasteiger partial charge on any atom is -0.353 e. The van der Waals surface area contributed by atoms with Crippen LogP contribution < -0.4 is 10.2 Å². The zero-order valence-corrected chi connectivity index (χ0v) is 17.1. The number of piperidine rings is 1. The average molecular weight is 386 g/mol. The fourth-order valence-electron chi connectivity index (χ4n) is 3.76. The maximum atomic E-state index is 12.9. The molecule has 0 saturated carbocycles. The van der Waals surface area contributed by atoms with Crippen molar-refractivity contribution in [2.45, 2.75) is 52.5 Å². The Morgan fingerprint density at radius 2 is 1.82 bits per heavy atom. The Bertz CT molecular complexity index is 738. The zero-order valence-electron chi connectivity index (χ0n) is 17.1. The van der Waals surface area contributed by atoms with Crippen molar-refractivity contribution in [3.63, 3.8) is 0 Å². The molecule has 2 aliphatic heterocycles. The van der Waals surface area contributed by atoms with Gasteiger partial charge in [0, 0.05) is 49.3 Å². The highest BCUT2D eigenvalue weighted by Gasteiger charge is 2.29. The Morgan fingerprint density at radius 3 is 2.43 bits per heavy atom. The minimum absolute atomic E-state index is 0.0251. The van der Waals surface area contributed by atoms with Gasteiger partial charge in [-0.3, -0.25) is 14.4 Å². The fraction of sp³-hybridized carbons (Fsp3) is 0.591. The van der Waals surface area contributed by atoms with Crippen LogP contribution in [0.15, 0.2) is 24.3 Å². The Labute approximate surface area is 167 Å². The smallest absolute Gasteiger partial charge is 0.253 e. The zero-order chi connectivity index (χ0) is 20.3. The van der Waals surface area contributed by atoms with Crippen LogP contribution in [0.1, 0.15) is 56.8 Å². The SMILES string of the molecule is CC(C)C(C)NC(=O)C1CCN(C(=O)c2cccc(N3CCCC3=O)c2)CC1. The van der Waals surface area contributed by atoms with E-state index in [0.29, 0.717) is 50.4 Å². The van der Waals surface area contributed by atoms with E-state index in [1.165, 1.54) is 0 Å². The number of benzene rings is 1. The quantitative estimate of drug-likeness (QED) is 0.847. The van der Waals surface area contributed by atoms with Crippen molar-refractivity contribution in [1.29, 1.82) is 0 Å². The van der Waals surface area contributed by atoms with Crippen LogP contribution in [0.3, 0.4) is 0 Å². The molecule has 0 radical (unpaired) electrons. The highest BCUT2D eigenvalue weighted by molar-refractivity contribution is 5.99. The van der Waals surface area contributed by atoms with Gasteiger partial charge >= 0.3 is 0 Å². The van der Waals surface area contributed by atoms with E-state index in [2.05, 4.69) is 19.2 Å². The molecule has 0 aromatic heterocycles. The van der Waals surface area contributed by atoms with Gasteiger partial charge in [0.05, 0.1) is 0 Å². The van der Waals surface area contributed by atoms with Crippen LogP contribution in [-0.4, -0.2) is 48.3 Å². The third kappa shape index (κ3) is 4.54. The largest absolute Gasteiger partial charge is 0.353 e. The van der Waals surface area contributed by atoms with Gasteiger partial charge in [-0.25, -0.2) is 0 Å². The highest BCUT2D eigenvalue weighted by atomic mass is 16.2. The standard InChI is InChI=1S/C22H31N3O3/c1-15(2)16(3)23-21(27)17-9-12-24(13-10-17)22(28)18-6-4-7-19(14-18)25-11-5-8-20(25)26/h4,6-7,14-17H,5,8-13H2,1-3H3,(H,23,27). The molecule has 1 aromatic rings. The van der Waals surface area contributed by atoms with E-state index >= 15 is 0 Å². The number of rotatable bonds is 5. The number of hydrogen-bond donors (Lipinski definition) is 1. The molecule has 6 heteroatoms. The van der Waals surface area contributed by atoms with Crippen molar-refractivity contribution in [2.75, 3.05) is 24.5 Å². The molecule has 6 nitrogen and oxygen atoms in total. The Kier molecular flexibility index (Phi) is 6.37. The molecule has 1 atom stereocenters. The van der Waals surface area contributed by atoms with Crippen LogP contribution in [-0.2, 0) is 9.59 Å². The predicted molar refractivity (Wildman–Crippen MR) is 109 cm³/mol. The van der Waals surface area contributed by atoms with E-state index in [9.17, 15) is 14.4 Å². The highest BCUT2D eigenvalue weighted by Crippen LogP contribution is 2.24. The molecule has 2 saturated heterocycles. The van der Waals surface area contributed by atoms with Crippen molar-refractivity contribution in [3.8, 4) is 0 Å². The molecule has 152 valence electrons. The number of carbonyl (C=O) groups is 3. The van der Waals surface area contributed by atoms with Crippen LogP contribution in [0.5, 0.6) is 0 Å². The minimum atomic E-state index is -0.0289. The number of nitrogens with one attached hydrogen (secondary N) is 1. The molecule has 0 spiro atoms. The van der Waals surface area contributed by atoms with Crippen molar-refractivity contribution < 1.29 is 14.4 Å². The maximum Gasteiger partial charge on any atom is 0.253 e. The average Bonchev–Trinajstić information content (AvgIpc) is 3.13. The molecule has 1 unspecified atom stereocenters. The van der Waals surface area contributed by atoms with Gasteiger partial charge in [-0.05, 0) is 50.3 Å². The lowest BCUT2D eigenvalue weighted by molar-refractivity contribution is -0.127. The summed E-state index contributed by atoms with van der Waals surface area (Å²) in [5, 5.41) is 3.09. The lowest BCUT2D eigenvalue weighted by Gasteiger charge is -2.32. The van der Waals surface area contributed by atoms with E-state index in [0.717, 1.165) is 12.1 Å². The first kappa shape index (κ1) is 20.4. The Balaban J connectivity index is 1.58. The second-order valence-corrected chi connectivity index (χ2v) is 8.31. The lowest BCUT2D eigenvalue weighted by Crippen LogP contribution is -2.45. The first-order valence-corrected chi connectivity index (χ1v) is 10.4. The Morgan fingerprint density at radius 1 is 1.11 bits per heavy atom. The van der Waals surface area contributed by atoms with E-state index in [1.54, 1.807) is 11.0 Å². The molecule has 28 heavy (non-hydrogen) atoms. The summed E-state index contributed by atoms with van der Waals surface area (Å²) in [6.07, 6.45) is 2.81. The summed E-state index contributed by atoms with van der Waals surface area (Å²) in [6, 6.07) is 7.49. The third-order valence-electron chi connectivity index (χ3n) is 6.00. The van der Waals surface area contributed by atoms with Gasteiger partial charge in [0.2, 0.25) is 11.8 Å². The number of anilines is 1. The molecule has 0 aliphatic carbocycles. The first-order valence-electron chi connectivity index (χ1n) is 10.4. The number of carbonyl (C=O) groups excluding carboxylic acids is 3. The van der Waals surface area contributed by atoms with Gasteiger partial charge in [-0.2, -0.15) is 0 Å². The van der Waals surface area contributed by atoms with Crippen molar-refractivity contribution in [1.82, 2.24) is 10.2 Å². The fourth-order valence-corrected chi connectivity index (χ4v) is 3.76. The lowest BCUT2D eigenvalue weighted by atomic mass is 9.94. The van der Waals surface area contributed by atoms with Crippen molar-refractivity contribution >= 4 is 23.4 Å².